The third-order valence-corrected chi connectivity index (χ3v) is 4.62. The fraction of sp³-hybridized carbons (Fsp3) is 1.00. The molecular weight excluding hydrogens is 532 g/mol. The smallest absolute Gasteiger partial charge is 0.330 e. The van der Waals surface area contributed by atoms with Crippen LogP contribution in [-0.2, 0) is 0 Å². The van der Waals surface area contributed by atoms with Gasteiger partial charge in [-0.15, -0.1) is 11.8 Å². The van der Waals surface area contributed by atoms with E-state index in [1.807, 2.05) is 0 Å². The van der Waals surface area contributed by atoms with Crippen LogP contribution in [0, 0.1) is 0 Å². The van der Waals surface area contributed by atoms with Crippen LogP contribution in [0.5, 0.6) is 0 Å². The van der Waals surface area contributed by atoms with Crippen LogP contribution in [0.2, 0.25) is 0 Å². The van der Waals surface area contributed by atoms with Crippen molar-refractivity contribution < 1.29 is 79.0 Å². The van der Waals surface area contributed by atoms with E-state index in [0.717, 1.165) is 0 Å². The first kappa shape index (κ1) is 31.0. The van der Waals surface area contributed by atoms with Gasteiger partial charge >= 0.3 is 47.6 Å². The van der Waals surface area contributed by atoms with E-state index in [-0.39, 0.29) is 11.8 Å². The molecule has 20 heteroatoms. The Bertz CT molecular complexity index is 640. The van der Waals surface area contributed by atoms with Gasteiger partial charge in [0.25, 0.3) is 0 Å². The molecule has 0 saturated carbocycles. The van der Waals surface area contributed by atoms with E-state index in [0.29, 0.717) is 0 Å². The highest BCUT2D eigenvalue weighted by molar-refractivity contribution is 7.99. The zero-order valence-electron chi connectivity index (χ0n) is 14.5. The number of alkyl halides is 18. The minimum absolute atomic E-state index is 0.376. The molecule has 0 radical (unpaired) electrons. The normalized spacial score (nSPS) is 17.0. The van der Waals surface area contributed by atoms with Crippen LogP contribution >= 0.6 is 11.8 Å². The van der Waals surface area contributed by atoms with Gasteiger partial charge in [0.1, 0.15) is 0 Å². The van der Waals surface area contributed by atoms with Crippen molar-refractivity contribution in [2.45, 2.75) is 59.6 Å². The Labute approximate surface area is 169 Å². The van der Waals surface area contributed by atoms with Gasteiger partial charge in [-0.2, -0.15) is 74.6 Å². The largest absolute Gasteiger partial charge is 0.460 e. The predicted octanol–water partition coefficient (Wildman–Crippen LogP) is 6.37. The van der Waals surface area contributed by atoms with Crippen LogP contribution in [0.1, 0.15) is 6.42 Å². The lowest BCUT2D eigenvalue weighted by Crippen LogP contribution is -2.74. The van der Waals surface area contributed by atoms with Gasteiger partial charge in [-0.25, -0.2) is 4.39 Å². The predicted molar refractivity (Wildman–Crippen MR) is 71.7 cm³/mol. The van der Waals surface area contributed by atoms with Gasteiger partial charge in [-0.05, 0) is 0 Å². The van der Waals surface area contributed by atoms with Crippen molar-refractivity contribution in [2.24, 2.45) is 5.73 Å². The molecule has 1 unspecified atom stereocenters. The summed E-state index contributed by atoms with van der Waals surface area (Å²) in [7, 11) is 0. The topological polar surface area (TPSA) is 26.0 Å². The molecule has 0 aromatic heterocycles. The molecular formula is C12H9F18NS. The van der Waals surface area contributed by atoms with Crippen molar-refractivity contribution in [3.05, 3.63) is 0 Å². The fourth-order valence-electron chi connectivity index (χ4n) is 1.78. The molecule has 32 heavy (non-hydrogen) atoms. The van der Waals surface area contributed by atoms with Crippen LogP contribution in [0.15, 0.2) is 0 Å². The summed E-state index contributed by atoms with van der Waals surface area (Å²) in [5.74, 6) is -57.7. The molecule has 0 aliphatic heterocycles. The van der Waals surface area contributed by atoms with E-state index in [1.165, 1.54) is 0 Å². The van der Waals surface area contributed by atoms with Gasteiger partial charge in [-0.3, -0.25) is 0 Å². The van der Waals surface area contributed by atoms with Crippen molar-refractivity contribution in [2.75, 3.05) is 12.3 Å². The Balaban J connectivity index is 6.47. The summed E-state index contributed by atoms with van der Waals surface area (Å²) in [5, 5.41) is 0. The molecule has 0 spiro atoms. The van der Waals surface area contributed by atoms with Crippen molar-refractivity contribution >= 4 is 11.8 Å². The lowest BCUT2D eigenvalue weighted by atomic mass is 9.88. The lowest BCUT2D eigenvalue weighted by molar-refractivity contribution is -0.461. The first-order valence-corrected chi connectivity index (χ1v) is 8.42. The van der Waals surface area contributed by atoms with E-state index in [9.17, 15) is 79.0 Å². The molecule has 0 aromatic rings. The maximum absolute atomic E-state index is 13.4. The number of nitrogens with two attached hydrogens (primary N) is 1. The first-order valence-electron chi connectivity index (χ1n) is 7.38. The number of hydrogen-bond acceptors (Lipinski definition) is 2. The molecule has 0 saturated heterocycles. The molecule has 0 aromatic carbocycles. The summed E-state index contributed by atoms with van der Waals surface area (Å²) in [6, 6.07) is 0. The quantitative estimate of drug-likeness (QED) is 0.308. The molecule has 0 amide bonds. The zero-order valence-corrected chi connectivity index (χ0v) is 15.3. The zero-order chi connectivity index (χ0) is 26.4. The summed E-state index contributed by atoms with van der Waals surface area (Å²) < 4.78 is 234. The molecule has 0 fully saturated rings. The molecule has 0 aliphatic rings. The maximum atomic E-state index is 13.4. The van der Waals surface area contributed by atoms with Crippen molar-refractivity contribution in [3.63, 3.8) is 0 Å². The van der Waals surface area contributed by atoms with Crippen LogP contribution < -0.4 is 5.73 Å². The molecule has 0 heterocycles. The van der Waals surface area contributed by atoms with E-state index in [1.54, 1.807) is 0 Å². The summed E-state index contributed by atoms with van der Waals surface area (Å²) in [6.45, 7) is -0.518. The summed E-state index contributed by atoms with van der Waals surface area (Å²) >= 11 is -0.376. The molecule has 1 atom stereocenters. The maximum Gasteiger partial charge on any atom is 0.460 e. The Morgan fingerprint density at radius 1 is 0.531 bits per heavy atom. The highest BCUT2D eigenvalue weighted by Crippen LogP contribution is 2.64. The average molecular weight is 541 g/mol. The van der Waals surface area contributed by atoms with Gasteiger partial charge in [0.2, 0.25) is 0 Å². The highest BCUT2D eigenvalue weighted by atomic mass is 32.2. The monoisotopic (exact) mass is 541 g/mol. The van der Waals surface area contributed by atoms with E-state index < -0.39 is 71.9 Å². The summed E-state index contributed by atoms with van der Waals surface area (Å²) in [4.78, 5) is 0. The Morgan fingerprint density at radius 2 is 0.844 bits per heavy atom. The number of hydrogen-bond donors (Lipinski definition) is 1. The van der Waals surface area contributed by atoms with E-state index in [2.05, 4.69) is 0 Å². The van der Waals surface area contributed by atoms with E-state index in [4.69, 9.17) is 5.73 Å². The Morgan fingerprint density at radius 3 is 1.16 bits per heavy atom. The van der Waals surface area contributed by atoms with Gasteiger partial charge in [0.05, 0.1) is 6.42 Å². The van der Waals surface area contributed by atoms with E-state index >= 15 is 0 Å². The molecule has 194 valence electrons. The van der Waals surface area contributed by atoms with Crippen LogP contribution in [0.25, 0.3) is 0 Å². The van der Waals surface area contributed by atoms with Gasteiger partial charge in [0.15, 0.2) is 5.50 Å². The van der Waals surface area contributed by atoms with Gasteiger partial charge in [0, 0.05) is 12.3 Å². The average Bonchev–Trinajstić information content (AvgIpc) is 2.57. The number of rotatable bonds is 11. The van der Waals surface area contributed by atoms with Crippen LogP contribution in [0.4, 0.5) is 79.0 Å². The standard InChI is InChI=1S/C12H9F18NS/c13-4(32-2-1-31)3-5(14,15)6(16,17)7(18,19)8(20,21)9(22,23)10(24,25)11(26,27)12(28,29)30/h4H,1-3,31H2. The number of halogens is 18. The molecule has 1 nitrogen and oxygen atoms in total. The second-order valence-corrected chi connectivity index (χ2v) is 7.18. The Hall–Kier alpha value is -0.950. The summed E-state index contributed by atoms with van der Waals surface area (Å²) in [6.07, 6.45) is -10.9. The van der Waals surface area contributed by atoms with Gasteiger partial charge in [-0.1, -0.05) is 0 Å². The SMILES string of the molecule is NCCSC(F)CC(F)(F)C(F)(F)C(F)(F)C(F)(F)C(F)(F)C(F)(F)C(F)(F)C(F)(F)F. The second kappa shape index (κ2) is 8.68. The van der Waals surface area contributed by atoms with Gasteiger partial charge < -0.3 is 5.73 Å². The third-order valence-electron chi connectivity index (χ3n) is 3.62. The molecule has 0 bridgehead atoms. The minimum Gasteiger partial charge on any atom is -0.330 e. The van der Waals surface area contributed by atoms with Crippen LogP contribution in [0.3, 0.4) is 0 Å². The molecule has 0 rings (SSSR count). The number of thioether (sulfide) groups is 1. The highest BCUT2D eigenvalue weighted by Gasteiger charge is 2.95. The summed E-state index contributed by atoms with van der Waals surface area (Å²) in [5.41, 5.74) is 1.48. The molecule has 2 N–H and O–H groups in total. The van der Waals surface area contributed by atoms with Crippen molar-refractivity contribution in [1.82, 2.24) is 0 Å². The van der Waals surface area contributed by atoms with Crippen LogP contribution in [-0.4, -0.2) is 65.4 Å². The third kappa shape index (κ3) is 4.53. The first-order chi connectivity index (χ1) is 13.7. The second-order valence-electron chi connectivity index (χ2n) is 5.92. The lowest BCUT2D eigenvalue weighted by Gasteiger charge is -2.42. The fourth-order valence-corrected chi connectivity index (χ4v) is 2.50. The van der Waals surface area contributed by atoms with Crippen molar-refractivity contribution in [1.29, 1.82) is 0 Å². The molecule has 0 aliphatic carbocycles. The van der Waals surface area contributed by atoms with Crippen molar-refractivity contribution in [3.8, 4) is 0 Å². The minimum atomic E-state index is -8.69. The Kier molecular flexibility index (Phi) is 8.42.